The van der Waals surface area contributed by atoms with E-state index in [-0.39, 0.29) is 27.9 Å². The number of benzene rings is 1. The van der Waals surface area contributed by atoms with E-state index in [9.17, 15) is 17.6 Å². The van der Waals surface area contributed by atoms with Gasteiger partial charge in [0.1, 0.15) is 5.82 Å². The van der Waals surface area contributed by atoms with Gasteiger partial charge in [-0.1, -0.05) is 0 Å². The largest absolute Gasteiger partial charge is 0.352 e. The van der Waals surface area contributed by atoms with Crippen molar-refractivity contribution in [1.82, 2.24) is 9.62 Å². The molecule has 1 aromatic rings. The van der Waals surface area contributed by atoms with E-state index < -0.39 is 15.8 Å². The second-order valence-electron chi connectivity index (χ2n) is 4.98. The minimum Gasteiger partial charge on any atom is -0.352 e. The normalized spacial score (nSPS) is 20.2. The van der Waals surface area contributed by atoms with Gasteiger partial charge in [0.15, 0.2) is 0 Å². The molecule has 0 saturated carbocycles. The van der Waals surface area contributed by atoms with Crippen molar-refractivity contribution in [2.24, 2.45) is 0 Å². The molecule has 1 fully saturated rings. The number of carbonyl (C=O) groups excluding carboxylic acids is 1. The van der Waals surface area contributed by atoms with E-state index in [1.807, 2.05) is 0 Å². The Morgan fingerprint density at radius 3 is 2.81 bits per heavy atom. The predicted molar refractivity (Wildman–Crippen MR) is 79.7 cm³/mol. The van der Waals surface area contributed by atoms with Gasteiger partial charge in [0.2, 0.25) is 15.9 Å². The molecule has 8 heteroatoms. The van der Waals surface area contributed by atoms with Crippen molar-refractivity contribution in [3.8, 4) is 0 Å². The van der Waals surface area contributed by atoms with Gasteiger partial charge in [-0.2, -0.15) is 4.31 Å². The molecule has 1 unspecified atom stereocenters. The predicted octanol–water partition coefficient (Wildman–Crippen LogP) is 1.88. The van der Waals surface area contributed by atoms with Gasteiger partial charge in [0, 0.05) is 30.5 Å². The van der Waals surface area contributed by atoms with Crippen LogP contribution < -0.4 is 5.32 Å². The Morgan fingerprint density at radius 2 is 2.19 bits per heavy atom. The number of nitrogens with zero attached hydrogens (tertiary/aromatic N) is 1. The smallest absolute Gasteiger partial charge is 0.244 e. The van der Waals surface area contributed by atoms with Crippen LogP contribution in [-0.2, 0) is 14.8 Å². The Bertz CT molecular complexity index is 651. The fourth-order valence-corrected chi connectivity index (χ4v) is 4.92. The molecule has 1 heterocycles. The van der Waals surface area contributed by atoms with Crippen LogP contribution in [-0.4, -0.2) is 37.8 Å². The lowest BCUT2D eigenvalue weighted by Gasteiger charge is -2.32. The van der Waals surface area contributed by atoms with Crippen LogP contribution in [0.5, 0.6) is 0 Å². The van der Waals surface area contributed by atoms with Gasteiger partial charge >= 0.3 is 0 Å². The molecule has 21 heavy (non-hydrogen) atoms. The van der Waals surface area contributed by atoms with E-state index in [0.29, 0.717) is 13.0 Å². The van der Waals surface area contributed by atoms with Crippen molar-refractivity contribution in [2.45, 2.75) is 30.7 Å². The number of halogens is 2. The molecule has 1 aliphatic heterocycles. The van der Waals surface area contributed by atoms with E-state index in [0.717, 1.165) is 18.6 Å². The number of piperidine rings is 1. The number of carbonyl (C=O) groups is 1. The van der Waals surface area contributed by atoms with Crippen molar-refractivity contribution in [1.29, 1.82) is 0 Å². The van der Waals surface area contributed by atoms with Gasteiger partial charge in [0.25, 0.3) is 0 Å². The lowest BCUT2D eigenvalue weighted by Crippen LogP contribution is -2.49. The Morgan fingerprint density at radius 1 is 1.48 bits per heavy atom. The quantitative estimate of drug-likeness (QED) is 0.872. The number of amides is 1. The number of hydrogen-bond donors (Lipinski definition) is 1. The molecule has 2 rings (SSSR count). The fraction of sp³-hybridized carbons (Fsp3) is 0.462. The average Bonchev–Trinajstić information content (AvgIpc) is 2.37. The third-order valence-corrected chi connectivity index (χ3v) is 6.15. The number of sulfonamides is 1. The molecule has 1 atom stereocenters. The molecule has 0 spiro atoms. The third kappa shape index (κ3) is 3.81. The van der Waals surface area contributed by atoms with Crippen LogP contribution in [0.4, 0.5) is 4.39 Å². The van der Waals surface area contributed by atoms with E-state index >= 15 is 0 Å². The SMILES string of the molecule is CC(=O)NC1CCCN(S(=O)(=O)c2ccc(F)cc2Br)C1. The molecule has 1 amide bonds. The topological polar surface area (TPSA) is 66.5 Å². The first-order valence-electron chi connectivity index (χ1n) is 6.53. The summed E-state index contributed by atoms with van der Waals surface area (Å²) in [5.74, 6) is -0.683. The highest BCUT2D eigenvalue weighted by Crippen LogP contribution is 2.27. The molecule has 1 aromatic carbocycles. The zero-order chi connectivity index (χ0) is 15.6. The van der Waals surface area contributed by atoms with Gasteiger partial charge in [-0.25, -0.2) is 12.8 Å². The zero-order valence-electron chi connectivity index (χ0n) is 11.5. The molecule has 1 aliphatic rings. The van der Waals surface area contributed by atoms with Gasteiger partial charge in [-0.3, -0.25) is 4.79 Å². The molecule has 5 nitrogen and oxygen atoms in total. The molecular formula is C13H16BrFN2O3S. The van der Waals surface area contributed by atoms with E-state index in [4.69, 9.17) is 0 Å². The highest BCUT2D eigenvalue weighted by molar-refractivity contribution is 9.10. The monoisotopic (exact) mass is 378 g/mol. The number of hydrogen-bond acceptors (Lipinski definition) is 3. The summed E-state index contributed by atoms with van der Waals surface area (Å²) >= 11 is 3.09. The maximum absolute atomic E-state index is 13.1. The first-order chi connectivity index (χ1) is 9.80. The summed E-state index contributed by atoms with van der Waals surface area (Å²) in [5.41, 5.74) is 0. The molecule has 0 radical (unpaired) electrons. The minimum absolute atomic E-state index is 0.0346. The van der Waals surface area contributed by atoms with E-state index in [2.05, 4.69) is 21.2 Å². The summed E-state index contributed by atoms with van der Waals surface area (Å²) in [4.78, 5) is 11.1. The van der Waals surface area contributed by atoms with Gasteiger partial charge in [-0.05, 0) is 47.0 Å². The molecule has 0 bridgehead atoms. The number of rotatable bonds is 3. The zero-order valence-corrected chi connectivity index (χ0v) is 13.9. The van der Waals surface area contributed by atoms with Crippen LogP contribution in [0.1, 0.15) is 19.8 Å². The maximum Gasteiger partial charge on any atom is 0.244 e. The minimum atomic E-state index is -3.71. The molecule has 116 valence electrons. The summed E-state index contributed by atoms with van der Waals surface area (Å²) < 4.78 is 39.8. The van der Waals surface area contributed by atoms with Crippen molar-refractivity contribution in [3.05, 3.63) is 28.5 Å². The Labute approximate surface area is 131 Å². The first kappa shape index (κ1) is 16.4. The van der Waals surface area contributed by atoms with Crippen molar-refractivity contribution in [3.63, 3.8) is 0 Å². The Balaban J connectivity index is 2.24. The standard InChI is InChI=1S/C13H16BrFN2O3S/c1-9(18)16-11-3-2-6-17(8-11)21(19,20)13-5-4-10(15)7-12(13)14/h4-5,7,11H,2-3,6,8H2,1H3,(H,16,18). The lowest BCUT2D eigenvalue weighted by molar-refractivity contribution is -0.119. The second kappa shape index (κ2) is 6.41. The van der Waals surface area contributed by atoms with Crippen LogP contribution in [0.2, 0.25) is 0 Å². The van der Waals surface area contributed by atoms with Crippen LogP contribution in [0.15, 0.2) is 27.6 Å². The molecule has 0 aromatic heterocycles. The average molecular weight is 379 g/mol. The molecule has 0 aliphatic carbocycles. The number of nitrogens with one attached hydrogen (secondary N) is 1. The third-order valence-electron chi connectivity index (χ3n) is 3.30. The van der Waals surface area contributed by atoms with Crippen LogP contribution >= 0.6 is 15.9 Å². The molecule has 1 N–H and O–H groups in total. The van der Waals surface area contributed by atoms with Crippen molar-refractivity contribution >= 4 is 31.9 Å². The van der Waals surface area contributed by atoms with Crippen LogP contribution in [0.25, 0.3) is 0 Å². The summed E-state index contributed by atoms with van der Waals surface area (Å²) in [5, 5.41) is 2.74. The van der Waals surface area contributed by atoms with Gasteiger partial charge < -0.3 is 5.32 Å². The fourth-order valence-electron chi connectivity index (χ4n) is 2.39. The van der Waals surface area contributed by atoms with Crippen molar-refractivity contribution < 1.29 is 17.6 Å². The van der Waals surface area contributed by atoms with E-state index in [1.54, 1.807) is 0 Å². The first-order valence-corrected chi connectivity index (χ1v) is 8.76. The molecular weight excluding hydrogens is 363 g/mol. The maximum atomic E-state index is 13.1. The Hall–Kier alpha value is -0.990. The van der Waals surface area contributed by atoms with Crippen LogP contribution in [0, 0.1) is 5.82 Å². The highest BCUT2D eigenvalue weighted by atomic mass is 79.9. The Kier molecular flexibility index (Phi) is 5.00. The highest BCUT2D eigenvalue weighted by Gasteiger charge is 2.31. The summed E-state index contributed by atoms with van der Waals surface area (Å²) in [7, 11) is -3.71. The lowest BCUT2D eigenvalue weighted by atomic mass is 10.1. The second-order valence-corrected chi connectivity index (χ2v) is 7.74. The van der Waals surface area contributed by atoms with Crippen LogP contribution in [0.3, 0.4) is 0 Å². The molecule has 1 saturated heterocycles. The van der Waals surface area contributed by atoms with Crippen molar-refractivity contribution in [2.75, 3.05) is 13.1 Å². The van der Waals surface area contributed by atoms with Gasteiger partial charge in [-0.15, -0.1) is 0 Å². The summed E-state index contributed by atoms with van der Waals surface area (Å²) in [6, 6.07) is 3.30. The summed E-state index contributed by atoms with van der Waals surface area (Å²) in [6.45, 7) is 2.03. The van der Waals surface area contributed by atoms with E-state index in [1.165, 1.54) is 17.3 Å². The van der Waals surface area contributed by atoms with Gasteiger partial charge in [0.05, 0.1) is 4.90 Å². The summed E-state index contributed by atoms with van der Waals surface area (Å²) in [6.07, 6.45) is 1.42.